The largest absolute Gasteiger partial charge is 0.348 e. The van der Waals surface area contributed by atoms with E-state index in [4.69, 9.17) is 0 Å². The van der Waals surface area contributed by atoms with Crippen LogP contribution in [0.25, 0.3) is 6.08 Å². The van der Waals surface area contributed by atoms with Crippen molar-refractivity contribution >= 4 is 33.8 Å². The maximum atomic E-state index is 12.0. The SMILES string of the molecule is C[C@H](NC(=O)CNC(=O)/C=C/c1ccccc1)c1ccccc1Br. The summed E-state index contributed by atoms with van der Waals surface area (Å²) >= 11 is 3.46. The van der Waals surface area contributed by atoms with Crippen LogP contribution in [0.1, 0.15) is 24.1 Å². The van der Waals surface area contributed by atoms with Crippen LogP contribution in [0.4, 0.5) is 0 Å². The van der Waals surface area contributed by atoms with Gasteiger partial charge in [0.25, 0.3) is 0 Å². The fourth-order valence-corrected chi connectivity index (χ4v) is 2.79. The van der Waals surface area contributed by atoms with Gasteiger partial charge in [-0.3, -0.25) is 9.59 Å². The average Bonchev–Trinajstić information content (AvgIpc) is 2.59. The molecule has 0 saturated carbocycles. The molecule has 2 aromatic rings. The van der Waals surface area contributed by atoms with E-state index < -0.39 is 0 Å². The Morgan fingerprint density at radius 3 is 2.46 bits per heavy atom. The molecule has 0 aliphatic carbocycles. The molecule has 124 valence electrons. The fourth-order valence-electron chi connectivity index (χ4n) is 2.16. The lowest BCUT2D eigenvalue weighted by molar-refractivity contribution is -0.124. The predicted octanol–water partition coefficient (Wildman–Crippen LogP) is 3.46. The van der Waals surface area contributed by atoms with Gasteiger partial charge in [0.1, 0.15) is 0 Å². The lowest BCUT2D eigenvalue weighted by atomic mass is 10.1. The third-order valence-corrected chi connectivity index (χ3v) is 4.12. The van der Waals surface area contributed by atoms with Crippen molar-refractivity contribution < 1.29 is 9.59 Å². The number of benzene rings is 2. The van der Waals surface area contributed by atoms with Gasteiger partial charge in [-0.25, -0.2) is 0 Å². The van der Waals surface area contributed by atoms with Crippen molar-refractivity contribution in [1.29, 1.82) is 0 Å². The summed E-state index contributed by atoms with van der Waals surface area (Å²) in [7, 11) is 0. The molecule has 0 aromatic heterocycles. The van der Waals surface area contributed by atoms with E-state index in [0.29, 0.717) is 0 Å². The van der Waals surface area contributed by atoms with Crippen molar-refractivity contribution in [1.82, 2.24) is 10.6 Å². The second kappa shape index (κ2) is 9.03. The van der Waals surface area contributed by atoms with E-state index >= 15 is 0 Å². The van der Waals surface area contributed by atoms with Crippen molar-refractivity contribution in [3.63, 3.8) is 0 Å². The van der Waals surface area contributed by atoms with Gasteiger partial charge in [-0.15, -0.1) is 0 Å². The van der Waals surface area contributed by atoms with E-state index in [1.807, 2.05) is 61.5 Å². The number of hydrogen-bond donors (Lipinski definition) is 2. The molecular formula is C19H19BrN2O2. The van der Waals surface area contributed by atoms with Gasteiger partial charge in [0.15, 0.2) is 0 Å². The number of nitrogens with one attached hydrogen (secondary N) is 2. The molecule has 1 atom stereocenters. The van der Waals surface area contributed by atoms with E-state index in [0.717, 1.165) is 15.6 Å². The van der Waals surface area contributed by atoms with Gasteiger partial charge in [-0.05, 0) is 30.2 Å². The Morgan fingerprint density at radius 2 is 1.75 bits per heavy atom. The first-order valence-corrected chi connectivity index (χ1v) is 8.40. The molecule has 0 fully saturated rings. The van der Waals surface area contributed by atoms with Gasteiger partial charge in [0.2, 0.25) is 11.8 Å². The third kappa shape index (κ3) is 5.66. The van der Waals surface area contributed by atoms with Crippen molar-refractivity contribution in [2.45, 2.75) is 13.0 Å². The molecule has 2 amide bonds. The topological polar surface area (TPSA) is 58.2 Å². The van der Waals surface area contributed by atoms with Crippen LogP contribution in [0.2, 0.25) is 0 Å². The molecule has 0 bridgehead atoms. The Morgan fingerprint density at radius 1 is 1.08 bits per heavy atom. The zero-order valence-corrected chi connectivity index (χ0v) is 14.9. The Balaban J connectivity index is 1.79. The number of hydrogen-bond acceptors (Lipinski definition) is 2. The van der Waals surface area contributed by atoms with E-state index in [9.17, 15) is 9.59 Å². The molecule has 5 heteroatoms. The highest BCUT2D eigenvalue weighted by molar-refractivity contribution is 9.10. The molecule has 0 aliphatic heterocycles. The number of amides is 2. The molecule has 2 N–H and O–H groups in total. The van der Waals surface area contributed by atoms with Gasteiger partial charge in [0.05, 0.1) is 12.6 Å². The first kappa shape index (κ1) is 17.9. The lowest BCUT2D eigenvalue weighted by Crippen LogP contribution is -2.37. The Hall–Kier alpha value is -2.40. The number of carbonyl (C=O) groups excluding carboxylic acids is 2. The minimum atomic E-state index is -0.303. The van der Waals surface area contributed by atoms with Gasteiger partial charge in [0, 0.05) is 10.5 Å². The smallest absolute Gasteiger partial charge is 0.244 e. The maximum Gasteiger partial charge on any atom is 0.244 e. The molecule has 0 radical (unpaired) electrons. The van der Waals surface area contributed by atoms with Gasteiger partial charge in [-0.1, -0.05) is 64.5 Å². The molecule has 2 aromatic carbocycles. The standard InChI is InChI=1S/C19H19BrN2O2/c1-14(16-9-5-6-10-17(16)20)22-19(24)13-21-18(23)12-11-15-7-3-2-4-8-15/h2-12,14H,13H2,1H3,(H,21,23)(H,22,24)/b12-11+/t14-/m0/s1. The minimum Gasteiger partial charge on any atom is -0.348 e. The van der Waals surface area contributed by atoms with E-state index in [2.05, 4.69) is 26.6 Å². The summed E-state index contributed by atoms with van der Waals surface area (Å²) in [5.74, 6) is -0.540. The molecule has 24 heavy (non-hydrogen) atoms. The van der Waals surface area contributed by atoms with Crippen LogP contribution >= 0.6 is 15.9 Å². The zero-order valence-electron chi connectivity index (χ0n) is 13.3. The van der Waals surface area contributed by atoms with Crippen LogP contribution in [0.5, 0.6) is 0 Å². The van der Waals surface area contributed by atoms with E-state index in [1.165, 1.54) is 6.08 Å². The van der Waals surface area contributed by atoms with Crippen molar-refractivity contribution in [2.75, 3.05) is 6.54 Å². The van der Waals surface area contributed by atoms with Crippen LogP contribution in [-0.2, 0) is 9.59 Å². The predicted molar refractivity (Wildman–Crippen MR) is 99.2 cm³/mol. The quantitative estimate of drug-likeness (QED) is 0.746. The van der Waals surface area contributed by atoms with Gasteiger partial charge < -0.3 is 10.6 Å². The Labute approximate surface area is 150 Å². The van der Waals surface area contributed by atoms with Gasteiger partial charge in [-0.2, -0.15) is 0 Å². The van der Waals surface area contributed by atoms with Crippen LogP contribution in [0.3, 0.4) is 0 Å². The highest BCUT2D eigenvalue weighted by Crippen LogP contribution is 2.22. The summed E-state index contributed by atoms with van der Waals surface area (Å²) in [6.45, 7) is 1.84. The molecule has 0 saturated heterocycles. The second-order valence-corrected chi connectivity index (χ2v) is 6.13. The number of halogens is 1. The second-order valence-electron chi connectivity index (χ2n) is 5.27. The fraction of sp³-hybridized carbons (Fsp3) is 0.158. The van der Waals surface area contributed by atoms with E-state index in [-0.39, 0.29) is 24.4 Å². The summed E-state index contributed by atoms with van der Waals surface area (Å²) < 4.78 is 0.938. The van der Waals surface area contributed by atoms with Crippen molar-refractivity contribution in [3.05, 3.63) is 76.3 Å². The molecular weight excluding hydrogens is 368 g/mol. The number of carbonyl (C=O) groups is 2. The molecule has 2 rings (SSSR count). The van der Waals surface area contributed by atoms with Gasteiger partial charge >= 0.3 is 0 Å². The molecule has 0 heterocycles. The van der Waals surface area contributed by atoms with Crippen LogP contribution in [0.15, 0.2) is 65.1 Å². The first-order valence-electron chi connectivity index (χ1n) is 7.61. The summed E-state index contributed by atoms with van der Waals surface area (Å²) in [6, 6.07) is 17.1. The summed E-state index contributed by atoms with van der Waals surface area (Å²) in [5.41, 5.74) is 1.92. The number of rotatable bonds is 6. The minimum absolute atomic E-state index is 0.0627. The average molecular weight is 387 g/mol. The van der Waals surface area contributed by atoms with Crippen LogP contribution in [-0.4, -0.2) is 18.4 Å². The van der Waals surface area contributed by atoms with Crippen LogP contribution in [0, 0.1) is 0 Å². The molecule has 4 nitrogen and oxygen atoms in total. The molecule has 0 unspecified atom stereocenters. The monoisotopic (exact) mass is 386 g/mol. The zero-order chi connectivity index (χ0) is 17.4. The summed E-state index contributed by atoms with van der Waals surface area (Å²) in [4.78, 5) is 23.7. The molecule has 0 aliphatic rings. The van der Waals surface area contributed by atoms with Crippen molar-refractivity contribution in [2.24, 2.45) is 0 Å². The normalized spacial score (nSPS) is 11.9. The lowest BCUT2D eigenvalue weighted by Gasteiger charge is -2.15. The third-order valence-electron chi connectivity index (χ3n) is 3.40. The molecule has 0 spiro atoms. The summed E-state index contributed by atoms with van der Waals surface area (Å²) in [5, 5.41) is 5.43. The first-order chi connectivity index (χ1) is 11.6. The highest BCUT2D eigenvalue weighted by atomic mass is 79.9. The summed E-state index contributed by atoms with van der Waals surface area (Å²) in [6.07, 6.45) is 3.12. The van der Waals surface area contributed by atoms with Crippen molar-refractivity contribution in [3.8, 4) is 0 Å². The Kier molecular flexibility index (Phi) is 6.75. The highest BCUT2D eigenvalue weighted by Gasteiger charge is 2.12. The maximum absolute atomic E-state index is 12.0. The van der Waals surface area contributed by atoms with E-state index in [1.54, 1.807) is 6.08 Å². The van der Waals surface area contributed by atoms with Crippen LogP contribution < -0.4 is 10.6 Å². The Bertz CT molecular complexity index is 729.